The molecular formula is C22H17NO2. The molecule has 0 saturated carbocycles. The molecule has 0 aliphatic heterocycles. The van der Waals surface area contributed by atoms with E-state index in [0.717, 1.165) is 27.9 Å². The molecule has 1 amide bonds. The topological polar surface area (TPSA) is 46.2 Å². The molecule has 0 radical (unpaired) electrons. The Morgan fingerprint density at radius 1 is 0.800 bits per heavy atom. The van der Waals surface area contributed by atoms with Crippen LogP contribution in [-0.4, -0.2) is 11.7 Å². The van der Waals surface area contributed by atoms with Gasteiger partial charge < -0.3 is 5.32 Å². The number of rotatable bonds is 2. The molecule has 0 spiro atoms. The van der Waals surface area contributed by atoms with Gasteiger partial charge in [0.25, 0.3) is 5.91 Å². The highest BCUT2D eigenvalue weighted by Gasteiger charge is 2.30. The van der Waals surface area contributed by atoms with Crippen LogP contribution < -0.4 is 5.32 Å². The van der Waals surface area contributed by atoms with Crippen LogP contribution in [0.15, 0.2) is 60.7 Å². The van der Waals surface area contributed by atoms with Gasteiger partial charge in [-0.25, -0.2) is 0 Å². The lowest BCUT2D eigenvalue weighted by Crippen LogP contribution is -2.14. The molecule has 3 aromatic carbocycles. The lowest BCUT2D eigenvalue weighted by Gasteiger charge is -2.13. The average Bonchev–Trinajstić information content (AvgIpc) is 2.92. The highest BCUT2D eigenvalue weighted by atomic mass is 16.1. The van der Waals surface area contributed by atoms with Crippen molar-refractivity contribution < 1.29 is 9.59 Å². The second-order valence-corrected chi connectivity index (χ2v) is 6.30. The Balaban J connectivity index is 1.80. The van der Waals surface area contributed by atoms with Gasteiger partial charge in [-0.3, -0.25) is 9.59 Å². The van der Waals surface area contributed by atoms with Gasteiger partial charge >= 0.3 is 0 Å². The zero-order valence-electron chi connectivity index (χ0n) is 14.1. The van der Waals surface area contributed by atoms with Crippen molar-refractivity contribution in [1.29, 1.82) is 0 Å². The maximum absolute atomic E-state index is 12.9. The summed E-state index contributed by atoms with van der Waals surface area (Å²) >= 11 is 0. The Hall–Kier alpha value is -3.20. The Morgan fingerprint density at radius 3 is 2.28 bits per heavy atom. The molecule has 1 aliphatic rings. The van der Waals surface area contributed by atoms with E-state index in [1.165, 1.54) is 0 Å². The average molecular weight is 327 g/mol. The normalized spacial score (nSPS) is 11.8. The van der Waals surface area contributed by atoms with Gasteiger partial charge in [-0.15, -0.1) is 0 Å². The van der Waals surface area contributed by atoms with Gasteiger partial charge in [0, 0.05) is 27.9 Å². The Bertz CT molecular complexity index is 1030. The van der Waals surface area contributed by atoms with E-state index in [2.05, 4.69) is 5.32 Å². The van der Waals surface area contributed by atoms with E-state index in [1.807, 2.05) is 56.3 Å². The quantitative estimate of drug-likeness (QED) is 0.576. The van der Waals surface area contributed by atoms with E-state index in [4.69, 9.17) is 0 Å². The number of ketones is 1. The summed E-state index contributed by atoms with van der Waals surface area (Å²) in [6.07, 6.45) is 0. The lowest BCUT2D eigenvalue weighted by molar-refractivity contribution is 0.102. The molecule has 0 heterocycles. The highest BCUT2D eigenvalue weighted by molar-refractivity contribution is 6.25. The van der Waals surface area contributed by atoms with Crippen molar-refractivity contribution in [3.05, 3.63) is 88.5 Å². The van der Waals surface area contributed by atoms with Crippen LogP contribution in [0.4, 0.5) is 5.69 Å². The molecular weight excluding hydrogens is 310 g/mol. The standard InChI is InChI=1S/C22H17NO2/c1-13-7-5-12-19(14(13)2)23-22(25)18-11-6-10-17-20(18)15-8-3-4-9-16(15)21(17)24/h3-12H,1-2H3,(H,23,25). The van der Waals surface area contributed by atoms with Crippen molar-refractivity contribution in [3.8, 4) is 11.1 Å². The fourth-order valence-electron chi connectivity index (χ4n) is 3.34. The molecule has 0 unspecified atom stereocenters. The third-order valence-electron chi connectivity index (χ3n) is 4.85. The maximum atomic E-state index is 12.9. The van der Waals surface area contributed by atoms with Crippen LogP contribution in [0.5, 0.6) is 0 Å². The SMILES string of the molecule is Cc1cccc(NC(=O)c2cccc3c2-c2ccccc2C3=O)c1C. The first-order chi connectivity index (χ1) is 12.1. The minimum atomic E-state index is -0.199. The smallest absolute Gasteiger partial charge is 0.256 e. The number of amides is 1. The van der Waals surface area contributed by atoms with Gasteiger partial charge in [0.2, 0.25) is 0 Å². The summed E-state index contributed by atoms with van der Waals surface area (Å²) in [5.74, 6) is -0.220. The first kappa shape index (κ1) is 15.3. The summed E-state index contributed by atoms with van der Waals surface area (Å²) in [7, 11) is 0. The van der Waals surface area contributed by atoms with Gasteiger partial charge in [0.1, 0.15) is 0 Å². The zero-order chi connectivity index (χ0) is 17.6. The van der Waals surface area contributed by atoms with Crippen LogP contribution in [0.25, 0.3) is 11.1 Å². The van der Waals surface area contributed by atoms with Crippen LogP contribution in [-0.2, 0) is 0 Å². The largest absolute Gasteiger partial charge is 0.322 e. The zero-order valence-corrected chi connectivity index (χ0v) is 14.1. The summed E-state index contributed by atoms with van der Waals surface area (Å²) in [5, 5.41) is 2.99. The molecule has 4 rings (SSSR count). The van der Waals surface area contributed by atoms with Crippen LogP contribution in [0.3, 0.4) is 0 Å². The van der Waals surface area contributed by atoms with E-state index in [1.54, 1.807) is 18.2 Å². The highest BCUT2D eigenvalue weighted by Crippen LogP contribution is 2.39. The fourth-order valence-corrected chi connectivity index (χ4v) is 3.34. The molecule has 25 heavy (non-hydrogen) atoms. The van der Waals surface area contributed by atoms with Gasteiger partial charge in [0.05, 0.1) is 0 Å². The summed E-state index contributed by atoms with van der Waals surface area (Å²) < 4.78 is 0. The molecule has 0 bridgehead atoms. The number of hydrogen-bond acceptors (Lipinski definition) is 2. The number of nitrogens with one attached hydrogen (secondary N) is 1. The third kappa shape index (κ3) is 2.36. The van der Waals surface area contributed by atoms with E-state index >= 15 is 0 Å². The van der Waals surface area contributed by atoms with E-state index in [-0.39, 0.29) is 11.7 Å². The Labute approximate surface area is 146 Å². The minimum Gasteiger partial charge on any atom is -0.322 e. The molecule has 0 saturated heterocycles. The number of carbonyl (C=O) groups is 2. The summed E-state index contributed by atoms with van der Waals surface area (Å²) in [6, 6.07) is 18.6. The predicted octanol–water partition coefficient (Wildman–Crippen LogP) is 4.77. The van der Waals surface area contributed by atoms with Gasteiger partial charge in [0.15, 0.2) is 5.78 Å². The van der Waals surface area contributed by atoms with Crippen LogP contribution in [0.1, 0.15) is 37.4 Å². The molecule has 0 fully saturated rings. The summed E-state index contributed by atoms with van der Waals surface area (Å²) in [5.41, 5.74) is 6.29. The number of aryl methyl sites for hydroxylation is 1. The van der Waals surface area contributed by atoms with Gasteiger partial charge in [-0.2, -0.15) is 0 Å². The van der Waals surface area contributed by atoms with Crippen molar-refractivity contribution >= 4 is 17.4 Å². The Morgan fingerprint density at radius 2 is 1.48 bits per heavy atom. The van der Waals surface area contributed by atoms with E-state index in [0.29, 0.717) is 16.7 Å². The lowest BCUT2D eigenvalue weighted by atomic mass is 9.98. The van der Waals surface area contributed by atoms with Crippen LogP contribution >= 0.6 is 0 Å². The van der Waals surface area contributed by atoms with Gasteiger partial charge in [-0.1, -0.05) is 48.5 Å². The molecule has 3 nitrogen and oxygen atoms in total. The summed E-state index contributed by atoms with van der Waals surface area (Å²) in [6.45, 7) is 4.00. The number of benzene rings is 3. The van der Waals surface area contributed by atoms with E-state index in [9.17, 15) is 9.59 Å². The van der Waals surface area contributed by atoms with Crippen LogP contribution in [0.2, 0.25) is 0 Å². The third-order valence-corrected chi connectivity index (χ3v) is 4.85. The minimum absolute atomic E-state index is 0.0213. The molecule has 1 aliphatic carbocycles. The molecule has 1 N–H and O–H groups in total. The molecule has 0 aromatic heterocycles. The first-order valence-electron chi connectivity index (χ1n) is 8.22. The van der Waals surface area contributed by atoms with Crippen molar-refractivity contribution in [2.45, 2.75) is 13.8 Å². The molecule has 122 valence electrons. The second kappa shape index (κ2) is 5.71. The predicted molar refractivity (Wildman–Crippen MR) is 99.2 cm³/mol. The maximum Gasteiger partial charge on any atom is 0.256 e. The van der Waals surface area contributed by atoms with Crippen molar-refractivity contribution in [2.24, 2.45) is 0 Å². The van der Waals surface area contributed by atoms with Gasteiger partial charge in [-0.05, 0) is 42.7 Å². The van der Waals surface area contributed by atoms with Crippen molar-refractivity contribution in [3.63, 3.8) is 0 Å². The van der Waals surface area contributed by atoms with Crippen LogP contribution in [0, 0.1) is 13.8 Å². The Kier molecular flexibility index (Phi) is 3.50. The molecule has 0 atom stereocenters. The summed E-state index contributed by atoms with van der Waals surface area (Å²) in [4.78, 5) is 25.5. The number of anilines is 1. The number of carbonyl (C=O) groups excluding carboxylic acids is 2. The molecule has 3 aromatic rings. The fraction of sp³-hybridized carbons (Fsp3) is 0.0909. The monoisotopic (exact) mass is 327 g/mol. The van der Waals surface area contributed by atoms with E-state index < -0.39 is 0 Å². The van der Waals surface area contributed by atoms with Crippen molar-refractivity contribution in [2.75, 3.05) is 5.32 Å². The second-order valence-electron chi connectivity index (χ2n) is 6.30. The van der Waals surface area contributed by atoms with Crippen molar-refractivity contribution in [1.82, 2.24) is 0 Å². The molecule has 3 heteroatoms. The number of hydrogen-bond donors (Lipinski definition) is 1. The number of fused-ring (bicyclic) bond motifs is 3. The first-order valence-corrected chi connectivity index (χ1v) is 8.22.